The molecule has 1 aromatic heterocycles. The number of hydrogen-bond acceptors (Lipinski definition) is 4. The summed E-state index contributed by atoms with van der Waals surface area (Å²) in [7, 11) is -3.49. The van der Waals surface area contributed by atoms with Crippen LogP contribution in [0.4, 0.5) is 0 Å². The molecule has 0 amide bonds. The van der Waals surface area contributed by atoms with Crippen LogP contribution in [0.15, 0.2) is 4.90 Å². The Balaban J connectivity index is 2.37. The summed E-state index contributed by atoms with van der Waals surface area (Å²) >= 11 is 0. The van der Waals surface area contributed by atoms with E-state index in [2.05, 4.69) is 10.2 Å². The Bertz CT molecular complexity index is 508. The molecule has 0 radical (unpaired) electrons. The first-order valence-corrected chi connectivity index (χ1v) is 7.43. The van der Waals surface area contributed by atoms with Crippen LogP contribution < -0.4 is 0 Å². The number of morpholine rings is 1. The largest absolute Gasteiger partial charge is 0.373 e. The fraction of sp³-hybridized carbons (Fsp3) is 0.727. The number of sulfonamides is 1. The van der Waals surface area contributed by atoms with Crippen LogP contribution in [0.1, 0.15) is 25.2 Å². The third-order valence-corrected chi connectivity index (χ3v) is 5.14. The maximum absolute atomic E-state index is 12.6. The molecule has 6 nitrogen and oxygen atoms in total. The molecule has 18 heavy (non-hydrogen) atoms. The van der Waals surface area contributed by atoms with Gasteiger partial charge in [-0.1, -0.05) is 0 Å². The quantitative estimate of drug-likeness (QED) is 0.866. The molecule has 0 unspecified atom stereocenters. The van der Waals surface area contributed by atoms with E-state index in [9.17, 15) is 8.42 Å². The Kier molecular flexibility index (Phi) is 3.48. The molecule has 2 heterocycles. The Morgan fingerprint density at radius 1 is 1.28 bits per heavy atom. The molecule has 2 rings (SSSR count). The minimum absolute atomic E-state index is 0.0870. The molecule has 0 saturated carbocycles. The van der Waals surface area contributed by atoms with Gasteiger partial charge in [0.05, 0.1) is 23.6 Å². The Labute approximate surface area is 107 Å². The van der Waals surface area contributed by atoms with E-state index in [-0.39, 0.29) is 12.2 Å². The second-order valence-electron chi connectivity index (χ2n) is 4.84. The number of aryl methyl sites for hydroxylation is 2. The fourth-order valence-electron chi connectivity index (χ4n) is 2.38. The molecule has 1 fully saturated rings. The van der Waals surface area contributed by atoms with Crippen molar-refractivity contribution in [2.45, 2.75) is 44.8 Å². The van der Waals surface area contributed by atoms with Gasteiger partial charge in [0, 0.05) is 13.1 Å². The summed E-state index contributed by atoms with van der Waals surface area (Å²) in [5.74, 6) is 0. The van der Waals surface area contributed by atoms with Crippen molar-refractivity contribution in [1.82, 2.24) is 14.5 Å². The van der Waals surface area contributed by atoms with Crippen molar-refractivity contribution in [2.75, 3.05) is 13.1 Å². The third-order valence-electron chi connectivity index (χ3n) is 3.04. The van der Waals surface area contributed by atoms with Gasteiger partial charge in [-0.2, -0.15) is 9.40 Å². The van der Waals surface area contributed by atoms with E-state index >= 15 is 0 Å². The number of hydrogen-bond donors (Lipinski definition) is 1. The first-order chi connectivity index (χ1) is 8.32. The summed E-state index contributed by atoms with van der Waals surface area (Å²) in [6.07, 6.45) is -0.174. The third kappa shape index (κ3) is 2.30. The molecule has 0 aromatic carbocycles. The molecule has 0 spiro atoms. The molecular formula is C11H19N3O3S. The molecule has 2 atom stereocenters. The second-order valence-corrected chi connectivity index (χ2v) is 6.72. The summed E-state index contributed by atoms with van der Waals surface area (Å²) in [6, 6.07) is 0. The van der Waals surface area contributed by atoms with Crippen LogP contribution in [0.2, 0.25) is 0 Å². The summed E-state index contributed by atoms with van der Waals surface area (Å²) < 4.78 is 32.2. The van der Waals surface area contributed by atoms with E-state index in [0.717, 1.165) is 0 Å². The van der Waals surface area contributed by atoms with Crippen LogP contribution in [0.25, 0.3) is 0 Å². The smallest absolute Gasteiger partial charge is 0.246 e. The number of nitrogens with zero attached hydrogens (tertiary/aromatic N) is 2. The molecule has 0 aliphatic carbocycles. The molecular weight excluding hydrogens is 254 g/mol. The number of H-pyrrole nitrogens is 1. The van der Waals surface area contributed by atoms with E-state index < -0.39 is 10.0 Å². The average Bonchev–Trinajstić information content (AvgIpc) is 2.57. The highest BCUT2D eigenvalue weighted by molar-refractivity contribution is 7.89. The Morgan fingerprint density at radius 2 is 1.83 bits per heavy atom. The predicted octanol–water partition coefficient (Wildman–Crippen LogP) is 0.824. The molecule has 0 bridgehead atoms. The van der Waals surface area contributed by atoms with Crippen molar-refractivity contribution in [3.8, 4) is 0 Å². The van der Waals surface area contributed by atoms with E-state index in [4.69, 9.17) is 4.74 Å². The number of nitrogens with one attached hydrogen (secondary N) is 1. The van der Waals surface area contributed by atoms with Gasteiger partial charge in [0.15, 0.2) is 0 Å². The maximum Gasteiger partial charge on any atom is 0.246 e. The molecule has 1 aromatic rings. The summed E-state index contributed by atoms with van der Waals surface area (Å²) in [6.45, 7) is 7.96. The molecule has 1 aliphatic heterocycles. The monoisotopic (exact) mass is 273 g/mol. The van der Waals surface area contributed by atoms with Gasteiger partial charge >= 0.3 is 0 Å². The zero-order chi connectivity index (χ0) is 13.5. The Hall–Kier alpha value is -0.920. The van der Waals surface area contributed by atoms with Crippen LogP contribution in [0.5, 0.6) is 0 Å². The number of aromatic amines is 1. The molecule has 102 valence electrons. The normalized spacial score (nSPS) is 26.4. The van der Waals surface area contributed by atoms with Crippen molar-refractivity contribution < 1.29 is 13.2 Å². The van der Waals surface area contributed by atoms with Crippen LogP contribution in [-0.2, 0) is 14.8 Å². The van der Waals surface area contributed by atoms with Gasteiger partial charge in [-0.15, -0.1) is 0 Å². The highest BCUT2D eigenvalue weighted by Gasteiger charge is 2.34. The van der Waals surface area contributed by atoms with Gasteiger partial charge in [-0.3, -0.25) is 5.10 Å². The van der Waals surface area contributed by atoms with E-state index in [1.165, 1.54) is 4.31 Å². The topological polar surface area (TPSA) is 75.3 Å². The van der Waals surface area contributed by atoms with Crippen molar-refractivity contribution >= 4 is 10.0 Å². The number of aromatic nitrogens is 2. The highest BCUT2D eigenvalue weighted by atomic mass is 32.2. The lowest BCUT2D eigenvalue weighted by Gasteiger charge is -2.34. The van der Waals surface area contributed by atoms with Crippen molar-refractivity contribution in [3.63, 3.8) is 0 Å². The van der Waals surface area contributed by atoms with E-state index in [1.54, 1.807) is 13.8 Å². The highest BCUT2D eigenvalue weighted by Crippen LogP contribution is 2.24. The minimum Gasteiger partial charge on any atom is -0.373 e. The SMILES string of the molecule is Cc1n[nH]c(C)c1S(=O)(=O)N1C[C@@H](C)O[C@@H](C)C1. The van der Waals surface area contributed by atoms with Gasteiger partial charge < -0.3 is 4.74 Å². The molecule has 1 saturated heterocycles. The van der Waals surface area contributed by atoms with Crippen LogP contribution >= 0.6 is 0 Å². The number of ether oxygens (including phenoxy) is 1. The summed E-state index contributed by atoms with van der Waals surface area (Å²) in [4.78, 5) is 0.295. The average molecular weight is 273 g/mol. The van der Waals surface area contributed by atoms with Crippen molar-refractivity contribution in [2.24, 2.45) is 0 Å². The standard InChI is InChI=1S/C11H19N3O3S/c1-7-5-14(6-8(2)17-7)18(15,16)11-9(3)12-13-10(11)4/h7-8H,5-6H2,1-4H3,(H,12,13)/t7-,8+. The first kappa shape index (κ1) is 13.5. The zero-order valence-corrected chi connectivity index (χ0v) is 11.9. The lowest BCUT2D eigenvalue weighted by Crippen LogP contribution is -2.48. The maximum atomic E-state index is 12.6. The van der Waals surface area contributed by atoms with Gasteiger partial charge in [-0.25, -0.2) is 8.42 Å². The van der Waals surface area contributed by atoms with Crippen molar-refractivity contribution in [3.05, 3.63) is 11.4 Å². The van der Waals surface area contributed by atoms with Crippen LogP contribution in [0, 0.1) is 13.8 Å². The molecule has 1 aliphatic rings. The van der Waals surface area contributed by atoms with E-state index in [0.29, 0.717) is 29.4 Å². The van der Waals surface area contributed by atoms with Crippen LogP contribution in [-0.4, -0.2) is 48.2 Å². The lowest BCUT2D eigenvalue weighted by molar-refractivity contribution is -0.0441. The summed E-state index contributed by atoms with van der Waals surface area (Å²) in [5.41, 5.74) is 1.10. The lowest BCUT2D eigenvalue weighted by atomic mass is 10.3. The Morgan fingerprint density at radius 3 is 2.28 bits per heavy atom. The van der Waals surface area contributed by atoms with Crippen molar-refractivity contribution in [1.29, 1.82) is 0 Å². The first-order valence-electron chi connectivity index (χ1n) is 5.99. The predicted molar refractivity (Wildman–Crippen MR) is 66.8 cm³/mol. The minimum atomic E-state index is -3.49. The molecule has 1 N–H and O–H groups in total. The van der Waals surface area contributed by atoms with Gasteiger partial charge in [0.1, 0.15) is 4.90 Å². The molecule has 7 heteroatoms. The summed E-state index contributed by atoms with van der Waals surface area (Å²) in [5, 5.41) is 6.67. The van der Waals surface area contributed by atoms with Gasteiger partial charge in [0.2, 0.25) is 10.0 Å². The van der Waals surface area contributed by atoms with Crippen LogP contribution in [0.3, 0.4) is 0 Å². The van der Waals surface area contributed by atoms with E-state index in [1.807, 2.05) is 13.8 Å². The second kappa shape index (κ2) is 4.64. The fourth-order valence-corrected chi connectivity index (χ4v) is 4.30. The van der Waals surface area contributed by atoms with Gasteiger partial charge in [0.25, 0.3) is 0 Å². The van der Waals surface area contributed by atoms with Gasteiger partial charge in [-0.05, 0) is 27.7 Å². The number of rotatable bonds is 2. The zero-order valence-electron chi connectivity index (χ0n) is 11.1.